The Morgan fingerprint density at radius 2 is 1.94 bits per heavy atom. The molecule has 0 fully saturated rings. The summed E-state index contributed by atoms with van der Waals surface area (Å²) in [6.07, 6.45) is -0.111. The fraction of sp³-hybridized carbons (Fsp3) is 0.667. The van der Waals surface area contributed by atoms with Crippen LogP contribution in [0.3, 0.4) is 0 Å². The van der Waals surface area contributed by atoms with Gasteiger partial charge in [-0.15, -0.1) is 0 Å². The topological polar surface area (TPSA) is 64.6 Å². The van der Waals surface area contributed by atoms with Crippen LogP contribution < -0.4 is 5.32 Å². The largest absolute Gasteiger partial charge is 0.468 e. The standard InChI is InChI=1S/C12H19NO4/c1-6-9(10(14)16-5)7-8-13-11(15)17-12(2,3)4/h9H,6H2,1-5H3,(H,13,15). The van der Waals surface area contributed by atoms with Gasteiger partial charge in [0.15, 0.2) is 0 Å². The van der Waals surface area contributed by atoms with E-state index in [4.69, 9.17) is 4.74 Å². The number of hydrogen-bond acceptors (Lipinski definition) is 4. The lowest BCUT2D eigenvalue weighted by molar-refractivity contribution is -0.143. The number of hydrogen-bond donors (Lipinski definition) is 1. The van der Waals surface area contributed by atoms with Crippen LogP contribution >= 0.6 is 0 Å². The first kappa shape index (κ1) is 15.3. The molecular formula is C12H19NO4. The lowest BCUT2D eigenvalue weighted by atomic mass is 10.1. The van der Waals surface area contributed by atoms with Crippen molar-refractivity contribution in [1.29, 1.82) is 0 Å². The quantitative estimate of drug-likeness (QED) is 0.454. The van der Waals surface area contributed by atoms with Gasteiger partial charge >= 0.3 is 12.1 Å². The second-order valence-electron chi connectivity index (χ2n) is 4.38. The van der Waals surface area contributed by atoms with Crippen LogP contribution in [0, 0.1) is 17.9 Å². The Morgan fingerprint density at radius 1 is 1.35 bits per heavy atom. The summed E-state index contributed by atoms with van der Waals surface area (Å²) in [7, 11) is 1.30. The monoisotopic (exact) mass is 241 g/mol. The molecule has 0 aromatic heterocycles. The zero-order chi connectivity index (χ0) is 13.5. The third-order valence-corrected chi connectivity index (χ3v) is 1.70. The van der Waals surface area contributed by atoms with E-state index in [0.717, 1.165) is 0 Å². The van der Waals surface area contributed by atoms with Crippen molar-refractivity contribution in [3.05, 3.63) is 0 Å². The van der Waals surface area contributed by atoms with Crippen molar-refractivity contribution >= 4 is 12.1 Å². The third-order valence-electron chi connectivity index (χ3n) is 1.70. The highest BCUT2D eigenvalue weighted by Crippen LogP contribution is 2.06. The van der Waals surface area contributed by atoms with Gasteiger partial charge in [-0.3, -0.25) is 4.79 Å². The van der Waals surface area contributed by atoms with Gasteiger partial charge in [0.2, 0.25) is 0 Å². The van der Waals surface area contributed by atoms with E-state index in [1.165, 1.54) is 7.11 Å². The highest BCUT2D eigenvalue weighted by molar-refractivity contribution is 5.76. The van der Waals surface area contributed by atoms with Gasteiger partial charge in [0.1, 0.15) is 11.5 Å². The summed E-state index contributed by atoms with van der Waals surface area (Å²) < 4.78 is 9.53. The molecular weight excluding hydrogens is 222 g/mol. The van der Waals surface area contributed by atoms with Gasteiger partial charge in [-0.25, -0.2) is 10.1 Å². The van der Waals surface area contributed by atoms with Crippen molar-refractivity contribution in [2.24, 2.45) is 5.92 Å². The molecule has 0 aromatic rings. The average Bonchev–Trinajstić information content (AvgIpc) is 2.21. The summed E-state index contributed by atoms with van der Waals surface area (Å²) in [6, 6.07) is 2.40. The molecule has 0 aliphatic heterocycles. The Labute approximate surface area is 102 Å². The van der Waals surface area contributed by atoms with E-state index in [1.54, 1.807) is 20.8 Å². The number of methoxy groups -OCH3 is 1. The Kier molecular flexibility index (Phi) is 6.11. The predicted molar refractivity (Wildman–Crippen MR) is 62.9 cm³/mol. The van der Waals surface area contributed by atoms with E-state index in [1.807, 2.05) is 6.92 Å². The van der Waals surface area contributed by atoms with Crippen LogP contribution in [0.2, 0.25) is 0 Å². The zero-order valence-corrected chi connectivity index (χ0v) is 10.9. The van der Waals surface area contributed by atoms with Crippen molar-refractivity contribution in [1.82, 2.24) is 5.32 Å². The molecule has 0 spiro atoms. The summed E-state index contributed by atoms with van der Waals surface area (Å²) in [6.45, 7) is 7.07. The zero-order valence-electron chi connectivity index (χ0n) is 10.9. The summed E-state index contributed by atoms with van der Waals surface area (Å²) in [5.74, 6) is 1.66. The lowest BCUT2D eigenvalue weighted by Crippen LogP contribution is -2.30. The summed E-state index contributed by atoms with van der Waals surface area (Å²) in [4.78, 5) is 22.4. The van der Waals surface area contributed by atoms with E-state index < -0.39 is 23.6 Å². The maximum Gasteiger partial charge on any atom is 0.419 e. The number of amides is 1. The number of rotatable bonds is 2. The molecule has 96 valence electrons. The van der Waals surface area contributed by atoms with E-state index in [-0.39, 0.29) is 0 Å². The van der Waals surface area contributed by atoms with Crippen molar-refractivity contribution in [3.63, 3.8) is 0 Å². The van der Waals surface area contributed by atoms with E-state index in [9.17, 15) is 9.59 Å². The minimum atomic E-state index is -0.635. The SMILES string of the molecule is CCC(C#CNC(=O)OC(C)(C)C)C(=O)OC. The molecule has 0 saturated heterocycles. The molecule has 0 rings (SSSR count). The molecule has 1 amide bonds. The summed E-state index contributed by atoms with van der Waals surface area (Å²) in [5.41, 5.74) is -0.571. The number of carbonyl (C=O) groups is 2. The first-order valence-corrected chi connectivity index (χ1v) is 5.37. The van der Waals surface area contributed by atoms with Crippen LogP contribution in [0.4, 0.5) is 4.79 Å². The lowest BCUT2D eigenvalue weighted by Gasteiger charge is -2.18. The molecule has 0 aliphatic carbocycles. The Hall–Kier alpha value is -1.70. The van der Waals surface area contributed by atoms with E-state index in [0.29, 0.717) is 6.42 Å². The molecule has 5 nitrogen and oxygen atoms in total. The maximum atomic E-state index is 11.2. The molecule has 5 heteroatoms. The maximum absolute atomic E-state index is 11.2. The van der Waals surface area contributed by atoms with Gasteiger partial charge in [0, 0.05) is 6.04 Å². The molecule has 17 heavy (non-hydrogen) atoms. The van der Waals surface area contributed by atoms with Crippen molar-refractivity contribution in [2.75, 3.05) is 7.11 Å². The normalized spacial score (nSPS) is 11.8. The third kappa shape index (κ3) is 7.23. The molecule has 0 aliphatic rings. The van der Waals surface area contributed by atoms with Crippen LogP contribution in [0.25, 0.3) is 0 Å². The van der Waals surface area contributed by atoms with E-state index in [2.05, 4.69) is 22.0 Å². The fourth-order valence-corrected chi connectivity index (χ4v) is 0.948. The van der Waals surface area contributed by atoms with Crippen LogP contribution in [0.1, 0.15) is 34.1 Å². The second kappa shape index (κ2) is 6.79. The molecule has 1 unspecified atom stereocenters. The Bertz CT molecular complexity index is 333. The summed E-state index contributed by atoms with van der Waals surface area (Å²) in [5, 5.41) is 2.25. The van der Waals surface area contributed by atoms with Crippen LogP contribution in [0.5, 0.6) is 0 Å². The molecule has 0 saturated carbocycles. The van der Waals surface area contributed by atoms with Gasteiger partial charge in [-0.05, 0) is 27.2 Å². The number of nitrogens with one attached hydrogen (secondary N) is 1. The highest BCUT2D eigenvalue weighted by Gasteiger charge is 2.16. The van der Waals surface area contributed by atoms with Gasteiger partial charge in [0.05, 0.1) is 7.11 Å². The predicted octanol–water partition coefficient (Wildman–Crippen LogP) is 1.67. The number of esters is 1. The second-order valence-corrected chi connectivity index (χ2v) is 4.38. The number of carbonyl (C=O) groups excluding carboxylic acids is 2. The fourth-order valence-electron chi connectivity index (χ4n) is 0.948. The Balaban J connectivity index is 4.27. The molecule has 1 N–H and O–H groups in total. The smallest absolute Gasteiger partial charge is 0.419 e. The van der Waals surface area contributed by atoms with Gasteiger partial charge in [0.25, 0.3) is 0 Å². The molecule has 0 heterocycles. The van der Waals surface area contributed by atoms with Gasteiger partial charge in [-0.2, -0.15) is 0 Å². The van der Waals surface area contributed by atoms with Crippen molar-refractivity contribution < 1.29 is 19.1 Å². The Morgan fingerprint density at radius 3 is 2.35 bits per heavy atom. The number of alkyl carbamates (subject to hydrolysis) is 1. The molecule has 0 bridgehead atoms. The van der Waals surface area contributed by atoms with E-state index >= 15 is 0 Å². The average molecular weight is 241 g/mol. The van der Waals surface area contributed by atoms with Crippen LogP contribution in [-0.2, 0) is 14.3 Å². The summed E-state index contributed by atoms with van der Waals surface area (Å²) >= 11 is 0. The molecule has 0 radical (unpaired) electrons. The van der Waals surface area contributed by atoms with Crippen LogP contribution in [0.15, 0.2) is 0 Å². The van der Waals surface area contributed by atoms with Gasteiger partial charge in [-0.1, -0.05) is 12.8 Å². The minimum Gasteiger partial charge on any atom is -0.468 e. The van der Waals surface area contributed by atoms with Crippen LogP contribution in [-0.4, -0.2) is 24.8 Å². The first-order valence-electron chi connectivity index (χ1n) is 5.37. The molecule has 1 atom stereocenters. The first-order chi connectivity index (χ1) is 7.80. The number of ether oxygens (including phenoxy) is 2. The highest BCUT2D eigenvalue weighted by atomic mass is 16.6. The van der Waals surface area contributed by atoms with Crippen molar-refractivity contribution in [3.8, 4) is 12.0 Å². The van der Waals surface area contributed by atoms with Crippen molar-refractivity contribution in [2.45, 2.75) is 39.7 Å². The molecule has 0 aromatic carbocycles. The van der Waals surface area contributed by atoms with Gasteiger partial charge < -0.3 is 9.47 Å². The minimum absolute atomic E-state index is 0.411.